The Labute approximate surface area is 187 Å². The van der Waals surface area contributed by atoms with Gasteiger partial charge in [-0.1, -0.05) is 36.5 Å². The minimum absolute atomic E-state index is 0.0282. The topological polar surface area (TPSA) is 87.1 Å². The molecule has 4 heterocycles. The van der Waals surface area contributed by atoms with Gasteiger partial charge < -0.3 is 14.4 Å². The largest absolute Gasteiger partial charge is 0.492 e. The molecule has 0 unspecified atom stereocenters. The summed E-state index contributed by atoms with van der Waals surface area (Å²) in [5, 5.41) is 15.3. The lowest BCUT2D eigenvalue weighted by Crippen LogP contribution is -2.49. The molecule has 1 saturated heterocycles. The minimum Gasteiger partial charge on any atom is -0.492 e. The summed E-state index contributed by atoms with van der Waals surface area (Å²) in [7, 11) is 0. The fourth-order valence-electron chi connectivity index (χ4n) is 4.06. The number of aromatic nitrogens is 3. The van der Waals surface area contributed by atoms with Crippen molar-refractivity contribution in [1.29, 1.82) is 0 Å². The third-order valence-electron chi connectivity index (χ3n) is 5.71. The summed E-state index contributed by atoms with van der Waals surface area (Å²) in [4.78, 5) is 22.0. The number of rotatable bonds is 5. The number of hydrogen-bond donors (Lipinski definition) is 1. The van der Waals surface area contributed by atoms with E-state index < -0.39 is 6.04 Å². The Morgan fingerprint density at radius 3 is 2.66 bits per heavy atom. The van der Waals surface area contributed by atoms with Gasteiger partial charge in [0, 0.05) is 38.2 Å². The van der Waals surface area contributed by atoms with Crippen molar-refractivity contribution in [2.24, 2.45) is 0 Å². The summed E-state index contributed by atoms with van der Waals surface area (Å²) in [5.41, 5.74) is 0.467. The van der Waals surface area contributed by atoms with Crippen molar-refractivity contribution in [1.82, 2.24) is 24.4 Å². The van der Waals surface area contributed by atoms with Crippen molar-refractivity contribution in [3.8, 4) is 5.88 Å². The Morgan fingerprint density at radius 1 is 1.22 bits per heavy atom. The highest BCUT2D eigenvalue weighted by Gasteiger charge is 2.34. The predicted molar refractivity (Wildman–Crippen MR) is 116 cm³/mol. The van der Waals surface area contributed by atoms with Crippen LogP contribution in [-0.2, 0) is 6.42 Å². The summed E-state index contributed by atoms with van der Waals surface area (Å²) < 4.78 is 21.5. The minimum atomic E-state index is -0.518. The third kappa shape index (κ3) is 3.55. The van der Waals surface area contributed by atoms with E-state index in [0.717, 1.165) is 0 Å². The van der Waals surface area contributed by atoms with Gasteiger partial charge in [0.05, 0.1) is 17.2 Å². The fraction of sp³-hybridized carbons (Fsp3) is 0.318. The first-order chi connectivity index (χ1) is 15.6. The Morgan fingerprint density at radius 2 is 2.00 bits per heavy atom. The van der Waals surface area contributed by atoms with Gasteiger partial charge in [0.1, 0.15) is 5.82 Å². The lowest BCUT2D eigenvalue weighted by Gasteiger charge is -2.38. The van der Waals surface area contributed by atoms with Gasteiger partial charge in [0.25, 0.3) is 5.91 Å². The smallest absolute Gasteiger partial charge is 0.289 e. The highest BCUT2D eigenvalue weighted by Crippen LogP contribution is 2.41. The van der Waals surface area contributed by atoms with Gasteiger partial charge in [-0.15, -0.1) is 5.10 Å². The molecule has 32 heavy (non-hydrogen) atoms. The Kier molecular flexibility index (Phi) is 5.40. The van der Waals surface area contributed by atoms with Crippen LogP contribution in [0.4, 0.5) is 4.39 Å². The third-order valence-corrected chi connectivity index (χ3v) is 6.78. The molecule has 10 heteroatoms. The van der Waals surface area contributed by atoms with Crippen molar-refractivity contribution in [2.45, 2.75) is 19.4 Å². The van der Waals surface area contributed by atoms with Crippen LogP contribution >= 0.6 is 11.3 Å². The lowest BCUT2D eigenvalue weighted by molar-refractivity contribution is 0.0565. The van der Waals surface area contributed by atoms with Crippen LogP contribution in [0.2, 0.25) is 0 Å². The number of benzene rings is 1. The lowest BCUT2D eigenvalue weighted by atomic mass is 10.0. The van der Waals surface area contributed by atoms with Crippen LogP contribution in [0.25, 0.3) is 4.96 Å². The number of fused-ring (bicyclic) bond motifs is 1. The molecule has 1 amide bonds. The number of nitrogens with zero attached hydrogens (tertiary/aromatic N) is 5. The molecule has 1 aliphatic heterocycles. The molecule has 1 N–H and O–H groups in total. The van der Waals surface area contributed by atoms with Crippen LogP contribution in [-0.4, -0.2) is 61.6 Å². The van der Waals surface area contributed by atoms with E-state index in [2.05, 4.69) is 15.0 Å². The van der Waals surface area contributed by atoms with E-state index in [-0.39, 0.29) is 17.6 Å². The van der Waals surface area contributed by atoms with E-state index in [9.17, 15) is 14.3 Å². The predicted octanol–water partition coefficient (Wildman–Crippen LogP) is 3.34. The maximum absolute atomic E-state index is 14.9. The van der Waals surface area contributed by atoms with Crippen LogP contribution in [0.3, 0.4) is 0 Å². The van der Waals surface area contributed by atoms with E-state index in [1.165, 1.54) is 28.2 Å². The number of amides is 1. The van der Waals surface area contributed by atoms with E-state index in [1.54, 1.807) is 35.2 Å². The van der Waals surface area contributed by atoms with Gasteiger partial charge in [0.15, 0.2) is 11.6 Å². The summed E-state index contributed by atoms with van der Waals surface area (Å²) in [6, 6.07) is 9.39. The summed E-state index contributed by atoms with van der Waals surface area (Å²) in [6.45, 7) is 3.90. The number of carbonyl (C=O) groups is 1. The SMILES string of the molecule is CCc1nc2sc([C@@H](c3ccccc3F)N3CCN(C(=O)c4ccco4)CC3)c(O)n2n1. The van der Waals surface area contributed by atoms with E-state index in [4.69, 9.17) is 4.42 Å². The molecule has 0 saturated carbocycles. The maximum Gasteiger partial charge on any atom is 0.289 e. The van der Waals surface area contributed by atoms with Gasteiger partial charge in [0.2, 0.25) is 10.8 Å². The zero-order chi connectivity index (χ0) is 22.2. The fourth-order valence-corrected chi connectivity index (χ4v) is 5.19. The highest BCUT2D eigenvalue weighted by atomic mass is 32.1. The number of halogens is 1. The Balaban J connectivity index is 1.47. The first-order valence-electron chi connectivity index (χ1n) is 10.5. The zero-order valence-electron chi connectivity index (χ0n) is 17.4. The zero-order valence-corrected chi connectivity index (χ0v) is 18.3. The summed E-state index contributed by atoms with van der Waals surface area (Å²) in [6.07, 6.45) is 2.14. The van der Waals surface area contributed by atoms with E-state index >= 15 is 0 Å². The van der Waals surface area contributed by atoms with Crippen molar-refractivity contribution in [3.63, 3.8) is 0 Å². The quantitative estimate of drug-likeness (QED) is 0.497. The Bertz CT molecular complexity index is 1240. The van der Waals surface area contributed by atoms with Crippen molar-refractivity contribution in [3.05, 3.63) is 70.5 Å². The van der Waals surface area contributed by atoms with Crippen molar-refractivity contribution in [2.75, 3.05) is 26.2 Å². The number of furan rings is 1. The number of piperazine rings is 1. The molecule has 3 aromatic heterocycles. The number of thiazole rings is 1. The summed E-state index contributed by atoms with van der Waals surface area (Å²) in [5.74, 6) is 0.411. The van der Waals surface area contributed by atoms with Crippen LogP contribution in [0.15, 0.2) is 47.1 Å². The molecule has 8 nitrogen and oxygen atoms in total. The summed E-state index contributed by atoms with van der Waals surface area (Å²) >= 11 is 1.31. The highest BCUT2D eigenvalue weighted by molar-refractivity contribution is 7.17. The number of aryl methyl sites for hydroxylation is 1. The molecule has 0 spiro atoms. The molecular formula is C22H22FN5O3S. The van der Waals surface area contributed by atoms with Crippen LogP contribution in [0.5, 0.6) is 5.88 Å². The van der Waals surface area contributed by atoms with E-state index in [0.29, 0.717) is 59.6 Å². The van der Waals surface area contributed by atoms with Gasteiger partial charge in [-0.05, 0) is 18.2 Å². The monoisotopic (exact) mass is 455 g/mol. The maximum atomic E-state index is 14.9. The first-order valence-corrected chi connectivity index (χ1v) is 11.3. The normalized spacial score (nSPS) is 16.0. The van der Waals surface area contributed by atoms with Gasteiger partial charge in [-0.25, -0.2) is 9.37 Å². The molecular weight excluding hydrogens is 433 g/mol. The first kappa shape index (κ1) is 20.7. The van der Waals surface area contributed by atoms with Crippen molar-refractivity contribution >= 4 is 22.2 Å². The molecule has 4 aromatic rings. The number of carbonyl (C=O) groups excluding carboxylic acids is 1. The molecule has 166 valence electrons. The van der Waals surface area contributed by atoms with Crippen LogP contribution in [0, 0.1) is 5.82 Å². The van der Waals surface area contributed by atoms with Gasteiger partial charge in [-0.2, -0.15) is 4.52 Å². The molecule has 0 bridgehead atoms. The second kappa shape index (κ2) is 8.36. The second-order valence-electron chi connectivity index (χ2n) is 7.60. The average Bonchev–Trinajstić information content (AvgIpc) is 3.54. The van der Waals surface area contributed by atoms with Crippen LogP contribution in [0.1, 0.15) is 39.8 Å². The molecule has 5 rings (SSSR count). The standard InChI is InChI=1S/C22H22FN5O3S/c1-2-17-24-22-28(25-17)21(30)19(32-22)18(14-6-3-4-7-15(14)23)26-9-11-27(12-10-26)20(29)16-8-5-13-31-16/h3-8,13,18,30H,2,9-12H2,1H3/t18-/m1/s1. The Hall–Kier alpha value is -3.24. The van der Waals surface area contributed by atoms with Gasteiger partial charge in [-0.3, -0.25) is 9.69 Å². The average molecular weight is 456 g/mol. The molecule has 1 atom stereocenters. The van der Waals surface area contributed by atoms with Gasteiger partial charge >= 0.3 is 0 Å². The van der Waals surface area contributed by atoms with Crippen LogP contribution < -0.4 is 0 Å². The molecule has 1 aliphatic rings. The molecule has 0 aliphatic carbocycles. The second-order valence-corrected chi connectivity index (χ2v) is 8.60. The molecule has 1 aromatic carbocycles. The molecule has 0 radical (unpaired) electrons. The molecule has 1 fully saturated rings. The van der Waals surface area contributed by atoms with Crippen molar-refractivity contribution < 1.29 is 18.7 Å². The number of hydrogen-bond acceptors (Lipinski definition) is 7. The number of aromatic hydroxyl groups is 1. The van der Waals surface area contributed by atoms with E-state index in [1.807, 2.05) is 6.92 Å².